The molecule has 11 heteroatoms. The molecule has 4 rings (SSSR count). The van der Waals surface area contributed by atoms with Gasteiger partial charge in [0.15, 0.2) is 23.3 Å². The lowest BCUT2D eigenvalue weighted by atomic mass is 9.85. The summed E-state index contributed by atoms with van der Waals surface area (Å²) in [5.74, 6) is -3.36. The molecule has 2 heterocycles. The highest BCUT2D eigenvalue weighted by Gasteiger charge is 2.37. The van der Waals surface area contributed by atoms with E-state index in [2.05, 4.69) is 20.6 Å². The summed E-state index contributed by atoms with van der Waals surface area (Å²) < 4.78 is 40.0. The number of anilines is 3. The fourth-order valence-electron chi connectivity index (χ4n) is 4.70. The van der Waals surface area contributed by atoms with Crippen molar-refractivity contribution in [1.82, 2.24) is 14.9 Å². The van der Waals surface area contributed by atoms with Gasteiger partial charge in [-0.1, -0.05) is 13.8 Å². The molecule has 0 spiro atoms. The number of aryl methyl sites for hydroxylation is 1. The minimum atomic E-state index is -1.55. The SMILES string of the molecule is Cc1nc(NC2CC(N(C)C(=O)Cc3cc(F)c(F)c(F)c3)C2)nc2c1NC(=O)[C@H](C(C)C)N2C. The maximum Gasteiger partial charge on any atom is 0.247 e. The van der Waals surface area contributed by atoms with Crippen LogP contribution < -0.4 is 15.5 Å². The van der Waals surface area contributed by atoms with E-state index >= 15 is 0 Å². The molecule has 1 fully saturated rings. The Labute approximate surface area is 201 Å². The number of rotatable bonds is 6. The molecule has 1 saturated carbocycles. The Balaban J connectivity index is 1.37. The first-order valence-electron chi connectivity index (χ1n) is 11.5. The molecule has 0 unspecified atom stereocenters. The zero-order valence-electron chi connectivity index (χ0n) is 20.3. The van der Waals surface area contributed by atoms with Gasteiger partial charge in [-0.2, -0.15) is 4.98 Å². The molecule has 1 aliphatic carbocycles. The van der Waals surface area contributed by atoms with Gasteiger partial charge in [0.1, 0.15) is 11.7 Å². The largest absolute Gasteiger partial charge is 0.351 e. The molecule has 0 saturated heterocycles. The first kappa shape index (κ1) is 24.7. The number of carbonyl (C=O) groups is 2. The molecule has 2 amide bonds. The summed E-state index contributed by atoms with van der Waals surface area (Å²) in [6.45, 7) is 5.77. The van der Waals surface area contributed by atoms with Gasteiger partial charge >= 0.3 is 0 Å². The van der Waals surface area contributed by atoms with Gasteiger partial charge in [0.25, 0.3) is 0 Å². The summed E-state index contributed by atoms with van der Waals surface area (Å²) in [5.41, 5.74) is 1.34. The number of likely N-dealkylation sites (N-methyl/N-ethyl adjacent to an activating group) is 2. The van der Waals surface area contributed by atoms with Crippen molar-refractivity contribution < 1.29 is 22.8 Å². The third-order valence-corrected chi connectivity index (χ3v) is 6.76. The van der Waals surface area contributed by atoms with Crippen LogP contribution in [0.2, 0.25) is 0 Å². The average Bonchev–Trinajstić information content (AvgIpc) is 2.74. The molecule has 1 aromatic heterocycles. The second-order valence-corrected chi connectivity index (χ2v) is 9.64. The molecule has 8 nitrogen and oxygen atoms in total. The van der Waals surface area contributed by atoms with E-state index in [1.54, 1.807) is 11.9 Å². The summed E-state index contributed by atoms with van der Waals surface area (Å²) in [7, 11) is 3.49. The van der Waals surface area contributed by atoms with Crippen LogP contribution in [0.4, 0.5) is 30.6 Å². The van der Waals surface area contributed by atoms with Gasteiger partial charge in [0.2, 0.25) is 17.8 Å². The van der Waals surface area contributed by atoms with Gasteiger partial charge in [0, 0.05) is 26.2 Å². The second-order valence-electron chi connectivity index (χ2n) is 9.64. The van der Waals surface area contributed by atoms with E-state index in [1.807, 2.05) is 32.7 Å². The fraction of sp³-hybridized carbons (Fsp3) is 0.500. The predicted molar refractivity (Wildman–Crippen MR) is 126 cm³/mol. The van der Waals surface area contributed by atoms with E-state index in [0.717, 1.165) is 12.1 Å². The standard InChI is InChI=1S/C24H29F3N6O2/c1-11(2)21-23(35)30-20-12(3)28-24(31-22(20)33(21)5)29-14-9-15(10-14)32(4)18(34)8-13-6-16(25)19(27)17(26)7-13/h6-7,11,14-15,21H,8-10H2,1-5H3,(H,30,35)(H,28,29,31)/t14?,15?,21-/m0/s1. The summed E-state index contributed by atoms with van der Waals surface area (Å²) in [4.78, 5) is 37.6. The number of nitrogens with one attached hydrogen (secondary N) is 2. The Morgan fingerprint density at radius 1 is 1.23 bits per heavy atom. The topological polar surface area (TPSA) is 90.5 Å². The number of fused-ring (bicyclic) bond motifs is 1. The number of hydrogen-bond donors (Lipinski definition) is 2. The molecule has 0 bridgehead atoms. The number of benzene rings is 1. The minimum absolute atomic E-state index is 0.0396. The predicted octanol–water partition coefficient (Wildman–Crippen LogP) is 3.26. The van der Waals surface area contributed by atoms with E-state index in [4.69, 9.17) is 0 Å². The highest BCUT2D eigenvalue weighted by Crippen LogP contribution is 2.35. The zero-order valence-corrected chi connectivity index (χ0v) is 20.3. The minimum Gasteiger partial charge on any atom is -0.351 e. The highest BCUT2D eigenvalue weighted by molar-refractivity contribution is 6.03. The van der Waals surface area contributed by atoms with Crippen molar-refractivity contribution in [3.63, 3.8) is 0 Å². The maximum absolute atomic E-state index is 13.4. The third-order valence-electron chi connectivity index (χ3n) is 6.76. The lowest BCUT2D eigenvalue weighted by Gasteiger charge is -2.42. The smallest absolute Gasteiger partial charge is 0.247 e. The van der Waals surface area contributed by atoms with Crippen molar-refractivity contribution in [1.29, 1.82) is 0 Å². The monoisotopic (exact) mass is 490 g/mol. The number of hydrogen-bond acceptors (Lipinski definition) is 6. The number of halogens is 3. The van der Waals surface area contributed by atoms with Crippen LogP contribution in [-0.2, 0) is 16.0 Å². The zero-order chi connectivity index (χ0) is 25.6. The van der Waals surface area contributed by atoms with Crippen LogP contribution in [0.3, 0.4) is 0 Å². The van der Waals surface area contributed by atoms with Gasteiger partial charge in [-0.05, 0) is 43.4 Å². The van der Waals surface area contributed by atoms with E-state index in [-0.39, 0.29) is 47.8 Å². The van der Waals surface area contributed by atoms with Crippen molar-refractivity contribution in [3.05, 3.63) is 40.8 Å². The summed E-state index contributed by atoms with van der Waals surface area (Å²) in [6, 6.07) is 1.34. The lowest BCUT2D eigenvalue weighted by molar-refractivity contribution is -0.132. The molecule has 1 aliphatic heterocycles. The molecule has 188 valence electrons. The number of carbonyl (C=O) groups excluding carboxylic acids is 2. The van der Waals surface area contributed by atoms with Crippen LogP contribution in [-0.4, -0.2) is 58.9 Å². The van der Waals surface area contributed by atoms with Gasteiger partial charge in [-0.15, -0.1) is 0 Å². The van der Waals surface area contributed by atoms with E-state index in [1.165, 1.54) is 0 Å². The van der Waals surface area contributed by atoms with Gasteiger partial charge in [-0.25, -0.2) is 18.2 Å². The fourth-order valence-corrected chi connectivity index (χ4v) is 4.70. The molecular weight excluding hydrogens is 461 g/mol. The Kier molecular flexibility index (Phi) is 6.61. The maximum atomic E-state index is 13.4. The molecule has 35 heavy (non-hydrogen) atoms. The van der Waals surface area contributed by atoms with Gasteiger partial charge in [0.05, 0.1) is 12.1 Å². The molecule has 1 atom stereocenters. The van der Waals surface area contributed by atoms with Crippen LogP contribution >= 0.6 is 0 Å². The molecule has 1 aromatic carbocycles. The van der Waals surface area contributed by atoms with Gasteiger partial charge < -0.3 is 20.4 Å². The molecule has 2 N–H and O–H groups in total. The first-order valence-corrected chi connectivity index (χ1v) is 11.5. The van der Waals surface area contributed by atoms with E-state index in [0.29, 0.717) is 36.0 Å². The van der Waals surface area contributed by atoms with Crippen LogP contribution in [0.5, 0.6) is 0 Å². The third kappa shape index (κ3) is 4.76. The van der Waals surface area contributed by atoms with Gasteiger partial charge in [-0.3, -0.25) is 9.59 Å². The Hall–Kier alpha value is -3.37. The molecule has 0 radical (unpaired) electrons. The molecular formula is C24H29F3N6O2. The highest BCUT2D eigenvalue weighted by atomic mass is 19.2. The van der Waals surface area contributed by atoms with Crippen molar-refractivity contribution in [2.75, 3.05) is 29.6 Å². The van der Waals surface area contributed by atoms with E-state index in [9.17, 15) is 22.8 Å². The lowest BCUT2D eigenvalue weighted by Crippen LogP contribution is -2.51. The van der Waals surface area contributed by atoms with Crippen LogP contribution in [0.15, 0.2) is 12.1 Å². The molecule has 2 aromatic rings. The number of aromatic nitrogens is 2. The van der Waals surface area contributed by atoms with Crippen LogP contribution in [0.25, 0.3) is 0 Å². The van der Waals surface area contributed by atoms with Crippen molar-refractivity contribution in [3.8, 4) is 0 Å². The summed E-state index contributed by atoms with van der Waals surface area (Å²) in [6.07, 6.45) is 1.07. The Morgan fingerprint density at radius 3 is 2.46 bits per heavy atom. The Morgan fingerprint density at radius 2 is 1.86 bits per heavy atom. The average molecular weight is 491 g/mol. The normalized spacial score (nSPS) is 21.3. The van der Waals surface area contributed by atoms with Crippen molar-refractivity contribution >= 4 is 29.3 Å². The first-order chi connectivity index (χ1) is 16.5. The molecule has 2 aliphatic rings. The summed E-state index contributed by atoms with van der Waals surface area (Å²) in [5, 5.41) is 6.22. The van der Waals surface area contributed by atoms with Crippen LogP contribution in [0.1, 0.15) is 37.9 Å². The van der Waals surface area contributed by atoms with Crippen LogP contribution in [0, 0.1) is 30.3 Å². The number of nitrogens with zero attached hydrogens (tertiary/aromatic N) is 4. The number of amides is 2. The van der Waals surface area contributed by atoms with Crippen molar-refractivity contribution in [2.24, 2.45) is 5.92 Å². The quantitative estimate of drug-likeness (QED) is 0.605. The second kappa shape index (κ2) is 9.35. The van der Waals surface area contributed by atoms with Crippen molar-refractivity contribution in [2.45, 2.75) is 58.2 Å². The van der Waals surface area contributed by atoms with E-state index < -0.39 is 17.5 Å². The Bertz CT molecular complexity index is 1150. The summed E-state index contributed by atoms with van der Waals surface area (Å²) >= 11 is 0.